The lowest BCUT2D eigenvalue weighted by Gasteiger charge is -2.37. The molecule has 1 unspecified atom stereocenters. The molecule has 0 saturated heterocycles. The van der Waals surface area contributed by atoms with Crippen molar-refractivity contribution in [3.05, 3.63) is 101 Å². The standard InChI is InChI=1S/C25H23F3N2O/c1-17-7-6-14-29-22(17)24(30-23(31)19-12-13-19,16-18-8-3-2-4-9-18)20-10-5-11-21(15-20)25(26,27)28/h2-11,14-15,19H,12-13,16H2,1H3,(H,30,31). The van der Waals surface area contributed by atoms with Crippen LogP contribution in [0.4, 0.5) is 13.2 Å². The molecule has 1 aliphatic rings. The lowest BCUT2D eigenvalue weighted by molar-refractivity contribution is -0.137. The Bertz CT molecular complexity index is 1080. The van der Waals surface area contributed by atoms with Crippen LogP contribution in [0, 0.1) is 12.8 Å². The minimum atomic E-state index is -4.49. The molecule has 0 radical (unpaired) electrons. The summed E-state index contributed by atoms with van der Waals surface area (Å²) in [6.07, 6.45) is -1.02. The van der Waals surface area contributed by atoms with Crippen LogP contribution in [0.3, 0.4) is 0 Å². The number of pyridine rings is 1. The number of amides is 1. The van der Waals surface area contributed by atoms with Crippen molar-refractivity contribution < 1.29 is 18.0 Å². The molecule has 4 rings (SSSR count). The van der Waals surface area contributed by atoms with Gasteiger partial charge in [0.15, 0.2) is 0 Å². The number of halogens is 3. The lowest BCUT2D eigenvalue weighted by atomic mass is 9.78. The highest BCUT2D eigenvalue weighted by atomic mass is 19.4. The second-order valence-electron chi connectivity index (χ2n) is 8.08. The summed E-state index contributed by atoms with van der Waals surface area (Å²) in [7, 11) is 0. The molecule has 160 valence electrons. The molecule has 1 aromatic heterocycles. The zero-order valence-corrected chi connectivity index (χ0v) is 17.1. The van der Waals surface area contributed by atoms with Crippen molar-refractivity contribution in [1.29, 1.82) is 0 Å². The number of aryl methyl sites for hydroxylation is 1. The first-order chi connectivity index (χ1) is 14.8. The van der Waals surface area contributed by atoms with E-state index in [1.807, 2.05) is 43.3 Å². The fourth-order valence-electron chi connectivity index (χ4n) is 3.95. The van der Waals surface area contributed by atoms with Crippen LogP contribution in [0.1, 0.15) is 40.8 Å². The van der Waals surface area contributed by atoms with E-state index in [9.17, 15) is 18.0 Å². The SMILES string of the molecule is Cc1cccnc1C(Cc1ccccc1)(NC(=O)C1CC1)c1cccc(C(F)(F)F)c1. The Kier molecular flexibility index (Phi) is 5.56. The van der Waals surface area contributed by atoms with Gasteiger partial charge in [0.25, 0.3) is 0 Å². The number of hydrogen-bond donors (Lipinski definition) is 1. The van der Waals surface area contributed by atoms with Gasteiger partial charge in [0.1, 0.15) is 5.54 Å². The Hall–Kier alpha value is -3.15. The fourth-order valence-corrected chi connectivity index (χ4v) is 3.95. The van der Waals surface area contributed by atoms with Crippen LogP contribution in [-0.2, 0) is 22.9 Å². The third-order valence-electron chi connectivity index (χ3n) is 5.69. The van der Waals surface area contributed by atoms with E-state index >= 15 is 0 Å². The quantitative estimate of drug-likeness (QED) is 0.574. The first kappa shape index (κ1) is 21.1. The van der Waals surface area contributed by atoms with Gasteiger partial charge in [-0.3, -0.25) is 9.78 Å². The van der Waals surface area contributed by atoms with E-state index < -0.39 is 17.3 Å². The molecular weight excluding hydrogens is 401 g/mol. The van der Waals surface area contributed by atoms with Crippen LogP contribution in [-0.4, -0.2) is 10.9 Å². The van der Waals surface area contributed by atoms with E-state index in [0.717, 1.165) is 36.1 Å². The van der Waals surface area contributed by atoms with E-state index in [1.54, 1.807) is 18.3 Å². The molecule has 2 aromatic carbocycles. The van der Waals surface area contributed by atoms with Crippen LogP contribution in [0.15, 0.2) is 72.9 Å². The van der Waals surface area contributed by atoms with Crippen LogP contribution in [0.5, 0.6) is 0 Å². The molecule has 0 spiro atoms. The van der Waals surface area contributed by atoms with Gasteiger partial charge in [-0.2, -0.15) is 13.2 Å². The Morgan fingerprint density at radius 3 is 2.35 bits per heavy atom. The number of alkyl halides is 3. The number of carbonyl (C=O) groups excluding carboxylic acids is 1. The van der Waals surface area contributed by atoms with Gasteiger partial charge in [0.05, 0.1) is 11.3 Å². The maximum absolute atomic E-state index is 13.6. The van der Waals surface area contributed by atoms with Crippen LogP contribution in [0.25, 0.3) is 0 Å². The predicted octanol–water partition coefficient (Wildman–Crippen LogP) is 5.42. The Labute approximate surface area is 179 Å². The summed E-state index contributed by atoms with van der Waals surface area (Å²) < 4.78 is 40.7. The number of benzene rings is 2. The van der Waals surface area contributed by atoms with Gasteiger partial charge < -0.3 is 5.32 Å². The zero-order chi connectivity index (χ0) is 22.1. The number of hydrogen-bond acceptors (Lipinski definition) is 2. The first-order valence-electron chi connectivity index (χ1n) is 10.3. The minimum absolute atomic E-state index is 0.107. The molecule has 1 aliphatic carbocycles. The zero-order valence-electron chi connectivity index (χ0n) is 17.1. The van der Waals surface area contributed by atoms with Gasteiger partial charge in [0.2, 0.25) is 5.91 Å². The molecule has 3 aromatic rings. The van der Waals surface area contributed by atoms with Crippen LogP contribution >= 0.6 is 0 Å². The van der Waals surface area contributed by atoms with E-state index in [-0.39, 0.29) is 18.2 Å². The smallest absolute Gasteiger partial charge is 0.340 e. The number of rotatable bonds is 6. The minimum Gasteiger partial charge on any atom is -0.340 e. The largest absolute Gasteiger partial charge is 0.416 e. The van der Waals surface area contributed by atoms with Crippen molar-refractivity contribution in [2.75, 3.05) is 0 Å². The normalized spacial score (nSPS) is 15.9. The summed E-state index contributed by atoms with van der Waals surface area (Å²) in [4.78, 5) is 17.5. The van der Waals surface area contributed by atoms with Gasteiger partial charge in [0, 0.05) is 18.5 Å². The Balaban J connectivity index is 1.94. The summed E-state index contributed by atoms with van der Waals surface area (Å²) in [5.41, 5.74) is 0.618. The lowest BCUT2D eigenvalue weighted by Crippen LogP contribution is -2.50. The number of nitrogens with zero attached hydrogens (tertiary/aromatic N) is 1. The van der Waals surface area contributed by atoms with Gasteiger partial charge in [-0.1, -0.05) is 48.5 Å². The van der Waals surface area contributed by atoms with E-state index in [2.05, 4.69) is 10.3 Å². The molecule has 1 fully saturated rings. The van der Waals surface area contributed by atoms with Crippen molar-refractivity contribution in [3.63, 3.8) is 0 Å². The number of aromatic nitrogens is 1. The second kappa shape index (κ2) is 8.17. The van der Waals surface area contributed by atoms with Crippen molar-refractivity contribution >= 4 is 5.91 Å². The van der Waals surface area contributed by atoms with Gasteiger partial charge in [-0.05, 0) is 54.7 Å². The molecule has 1 heterocycles. The molecule has 6 heteroatoms. The molecule has 3 nitrogen and oxygen atoms in total. The summed E-state index contributed by atoms with van der Waals surface area (Å²) in [6.45, 7) is 1.86. The van der Waals surface area contributed by atoms with Crippen molar-refractivity contribution in [2.45, 2.75) is 37.9 Å². The molecule has 0 bridgehead atoms. The molecule has 1 amide bonds. The summed E-state index contributed by atoms with van der Waals surface area (Å²) in [5.74, 6) is -0.261. The Morgan fingerprint density at radius 1 is 1.00 bits per heavy atom. The van der Waals surface area contributed by atoms with Crippen molar-refractivity contribution in [2.24, 2.45) is 5.92 Å². The topological polar surface area (TPSA) is 42.0 Å². The maximum atomic E-state index is 13.6. The van der Waals surface area contributed by atoms with E-state index in [0.29, 0.717) is 11.3 Å². The number of carbonyl (C=O) groups is 1. The van der Waals surface area contributed by atoms with Crippen molar-refractivity contribution in [3.8, 4) is 0 Å². The summed E-state index contributed by atoms with van der Waals surface area (Å²) >= 11 is 0. The third kappa shape index (κ3) is 4.48. The Morgan fingerprint density at radius 2 is 1.71 bits per heavy atom. The molecule has 1 atom stereocenters. The van der Waals surface area contributed by atoms with Crippen molar-refractivity contribution in [1.82, 2.24) is 10.3 Å². The maximum Gasteiger partial charge on any atom is 0.416 e. The van der Waals surface area contributed by atoms with Gasteiger partial charge in [-0.25, -0.2) is 0 Å². The average Bonchev–Trinajstić information content (AvgIpc) is 3.59. The molecule has 1 N–H and O–H groups in total. The van der Waals surface area contributed by atoms with Gasteiger partial charge >= 0.3 is 6.18 Å². The van der Waals surface area contributed by atoms with Crippen LogP contribution < -0.4 is 5.32 Å². The van der Waals surface area contributed by atoms with E-state index in [1.165, 1.54) is 6.07 Å². The van der Waals surface area contributed by atoms with Crippen LogP contribution in [0.2, 0.25) is 0 Å². The third-order valence-corrected chi connectivity index (χ3v) is 5.69. The molecular formula is C25H23F3N2O. The molecule has 0 aliphatic heterocycles. The first-order valence-corrected chi connectivity index (χ1v) is 10.3. The highest BCUT2D eigenvalue weighted by Gasteiger charge is 2.43. The molecule has 1 saturated carbocycles. The highest BCUT2D eigenvalue weighted by molar-refractivity contribution is 5.82. The van der Waals surface area contributed by atoms with E-state index in [4.69, 9.17) is 0 Å². The number of nitrogens with one attached hydrogen (secondary N) is 1. The van der Waals surface area contributed by atoms with Gasteiger partial charge in [-0.15, -0.1) is 0 Å². The highest BCUT2D eigenvalue weighted by Crippen LogP contribution is 2.39. The average molecular weight is 424 g/mol. The molecule has 31 heavy (non-hydrogen) atoms. The fraction of sp³-hybridized carbons (Fsp3) is 0.280. The predicted molar refractivity (Wildman–Crippen MR) is 112 cm³/mol. The second-order valence-corrected chi connectivity index (χ2v) is 8.08. The summed E-state index contributed by atoms with van der Waals surface area (Å²) in [5, 5.41) is 3.12. The monoisotopic (exact) mass is 424 g/mol. The summed E-state index contributed by atoms with van der Waals surface area (Å²) in [6, 6.07) is 18.3.